The molecule has 0 atom stereocenters. The zero-order chi connectivity index (χ0) is 23.6. The minimum absolute atomic E-state index is 0.00680. The number of carbonyl (C=O) groups is 2. The van der Waals surface area contributed by atoms with Gasteiger partial charge in [-0.3, -0.25) is 4.79 Å². The second-order valence-corrected chi connectivity index (χ2v) is 10.1. The smallest absolute Gasteiger partial charge is 0.336 e. The molecule has 0 fully saturated rings. The Balaban J connectivity index is 0.000000348. The number of hydrogen-bond acceptors (Lipinski definition) is 6. The third-order valence-electron chi connectivity index (χ3n) is 3.59. The van der Waals surface area contributed by atoms with E-state index in [0.29, 0.717) is 5.69 Å². The van der Waals surface area contributed by atoms with Crippen molar-refractivity contribution < 1.29 is 14.7 Å². The lowest BCUT2D eigenvalue weighted by molar-refractivity contribution is 0.0692. The lowest BCUT2D eigenvalue weighted by Gasteiger charge is -2.15. The summed E-state index contributed by atoms with van der Waals surface area (Å²) < 4.78 is 1.67. The fraction of sp³-hybridized carbons (Fsp3) is 0.238. The van der Waals surface area contributed by atoms with Crippen LogP contribution in [-0.4, -0.2) is 63.6 Å². The van der Waals surface area contributed by atoms with Crippen molar-refractivity contribution in [3.8, 4) is 0 Å². The van der Waals surface area contributed by atoms with Gasteiger partial charge < -0.3 is 20.2 Å². The Morgan fingerprint density at radius 2 is 1.39 bits per heavy atom. The molecule has 2 rings (SSSR count). The van der Waals surface area contributed by atoms with E-state index in [1.54, 1.807) is 18.2 Å². The summed E-state index contributed by atoms with van der Waals surface area (Å²) in [6.45, 7) is 1.92. The summed E-state index contributed by atoms with van der Waals surface area (Å²) in [5, 5.41) is 11.7. The van der Waals surface area contributed by atoms with Crippen LogP contribution in [0.2, 0.25) is 0 Å². The maximum absolute atomic E-state index is 12.1. The Bertz CT molecular complexity index is 929. The van der Waals surface area contributed by atoms with Gasteiger partial charge in [0.2, 0.25) is 0 Å². The van der Waals surface area contributed by atoms with Crippen molar-refractivity contribution in [2.24, 2.45) is 0 Å². The number of hydrogen-bond donors (Lipinski definition) is 2. The van der Waals surface area contributed by atoms with Crippen LogP contribution in [0.4, 0.5) is 5.69 Å². The molecule has 0 spiro atoms. The van der Waals surface area contributed by atoms with Crippen LogP contribution in [0.1, 0.15) is 26.3 Å². The Hall–Kier alpha value is -2.14. The molecule has 0 saturated heterocycles. The number of carboxylic acids is 1. The van der Waals surface area contributed by atoms with Crippen LogP contribution in [0.15, 0.2) is 48.5 Å². The van der Waals surface area contributed by atoms with Crippen LogP contribution in [-0.2, 0) is 0 Å². The van der Waals surface area contributed by atoms with Crippen LogP contribution in [0.25, 0.3) is 0 Å². The predicted octanol–water partition coefficient (Wildman–Crippen LogP) is 5.01. The molecular formula is C21H25N3O3S4. The number of nitrogens with one attached hydrogen (secondary N) is 1. The molecule has 0 aliphatic heterocycles. The van der Waals surface area contributed by atoms with Gasteiger partial charge >= 0.3 is 5.97 Å². The van der Waals surface area contributed by atoms with Gasteiger partial charge in [-0.05, 0) is 58.3 Å². The standard InChI is InChI=1S/C15H13NO3.C6H12N2S4/c1-10-5-4-6-11(9-10)16-14(17)12-7-2-3-8-13(12)15(18)19;1-7(2)5(9)11-12-6(10)8(3)4/h2-9H,1H3,(H,16,17)(H,18,19);1-4H3. The summed E-state index contributed by atoms with van der Waals surface area (Å²) in [5.74, 6) is -1.54. The van der Waals surface area contributed by atoms with Gasteiger partial charge in [-0.25, -0.2) is 4.79 Å². The third kappa shape index (κ3) is 9.69. The van der Waals surface area contributed by atoms with Gasteiger partial charge in [0.1, 0.15) is 8.64 Å². The molecule has 6 nitrogen and oxygen atoms in total. The minimum Gasteiger partial charge on any atom is -0.478 e. The first-order valence-electron chi connectivity index (χ1n) is 9.00. The zero-order valence-electron chi connectivity index (χ0n) is 17.9. The van der Waals surface area contributed by atoms with Crippen molar-refractivity contribution >= 4 is 72.2 Å². The van der Waals surface area contributed by atoms with Gasteiger partial charge in [0.25, 0.3) is 5.91 Å². The second-order valence-electron chi connectivity index (χ2n) is 6.66. The van der Waals surface area contributed by atoms with Crippen LogP contribution in [0, 0.1) is 6.92 Å². The van der Waals surface area contributed by atoms with Crippen LogP contribution in [0.5, 0.6) is 0 Å². The van der Waals surface area contributed by atoms with E-state index in [2.05, 4.69) is 5.32 Å². The molecule has 0 aliphatic carbocycles. The molecule has 2 aromatic carbocycles. The van der Waals surface area contributed by atoms with Crippen molar-refractivity contribution in [2.75, 3.05) is 33.5 Å². The average Bonchev–Trinajstić information content (AvgIpc) is 2.71. The number of carboxylic acid groups (broad SMARTS) is 1. The number of anilines is 1. The van der Waals surface area contributed by atoms with Crippen molar-refractivity contribution in [3.63, 3.8) is 0 Å². The summed E-state index contributed by atoms with van der Waals surface area (Å²) in [6.07, 6.45) is 0. The second kappa shape index (κ2) is 13.3. The van der Waals surface area contributed by atoms with E-state index in [1.165, 1.54) is 33.7 Å². The van der Waals surface area contributed by atoms with E-state index >= 15 is 0 Å². The first kappa shape index (κ1) is 26.9. The topological polar surface area (TPSA) is 72.9 Å². The summed E-state index contributed by atoms with van der Waals surface area (Å²) in [7, 11) is 10.7. The highest BCUT2D eigenvalue weighted by Gasteiger charge is 2.15. The summed E-state index contributed by atoms with van der Waals surface area (Å²) in [6, 6.07) is 13.5. The number of benzene rings is 2. The number of rotatable bonds is 3. The van der Waals surface area contributed by atoms with E-state index in [4.69, 9.17) is 29.5 Å². The quantitative estimate of drug-likeness (QED) is 0.452. The molecule has 0 bridgehead atoms. The van der Waals surface area contributed by atoms with Gasteiger partial charge in [-0.1, -0.05) is 48.7 Å². The summed E-state index contributed by atoms with van der Waals surface area (Å²) >= 11 is 10.1. The number of thiocarbonyl (C=S) groups is 2. The van der Waals surface area contributed by atoms with E-state index in [1.807, 2.05) is 63.1 Å². The maximum atomic E-state index is 12.1. The highest BCUT2D eigenvalue weighted by atomic mass is 33.1. The van der Waals surface area contributed by atoms with Crippen LogP contribution < -0.4 is 5.32 Å². The fourth-order valence-corrected chi connectivity index (χ4v) is 4.38. The molecular weight excluding hydrogens is 471 g/mol. The summed E-state index contributed by atoms with van der Waals surface area (Å²) in [4.78, 5) is 26.9. The van der Waals surface area contributed by atoms with Crippen LogP contribution >= 0.6 is 46.0 Å². The highest BCUT2D eigenvalue weighted by molar-refractivity contribution is 8.89. The fourth-order valence-electron chi connectivity index (χ4n) is 2.01. The molecule has 0 heterocycles. The molecule has 31 heavy (non-hydrogen) atoms. The Kier molecular flexibility index (Phi) is 11.5. The first-order valence-corrected chi connectivity index (χ1v) is 12.0. The van der Waals surface area contributed by atoms with E-state index < -0.39 is 11.9 Å². The maximum Gasteiger partial charge on any atom is 0.336 e. The Morgan fingerprint density at radius 3 is 1.84 bits per heavy atom. The van der Waals surface area contributed by atoms with Crippen molar-refractivity contribution in [1.82, 2.24) is 9.80 Å². The number of aryl methyl sites for hydroxylation is 1. The van der Waals surface area contributed by atoms with Crippen molar-refractivity contribution in [3.05, 3.63) is 65.2 Å². The molecule has 0 aromatic heterocycles. The third-order valence-corrected chi connectivity index (χ3v) is 7.75. The highest BCUT2D eigenvalue weighted by Crippen LogP contribution is 2.26. The van der Waals surface area contributed by atoms with E-state index in [-0.39, 0.29) is 11.1 Å². The van der Waals surface area contributed by atoms with Gasteiger partial charge in [0, 0.05) is 33.9 Å². The van der Waals surface area contributed by atoms with Gasteiger partial charge in [0.05, 0.1) is 11.1 Å². The van der Waals surface area contributed by atoms with E-state index in [0.717, 1.165) is 14.2 Å². The number of amides is 1. The number of aromatic carboxylic acids is 1. The first-order chi connectivity index (χ1) is 14.5. The normalized spacial score (nSPS) is 9.71. The van der Waals surface area contributed by atoms with Gasteiger partial charge in [-0.15, -0.1) is 0 Å². The lowest BCUT2D eigenvalue weighted by Crippen LogP contribution is -2.18. The van der Waals surface area contributed by atoms with Gasteiger partial charge in [0.15, 0.2) is 0 Å². The van der Waals surface area contributed by atoms with Crippen molar-refractivity contribution in [2.45, 2.75) is 6.92 Å². The molecule has 1 amide bonds. The molecule has 2 aromatic rings. The number of carbonyl (C=O) groups excluding carboxylic acids is 1. The monoisotopic (exact) mass is 495 g/mol. The zero-order valence-corrected chi connectivity index (χ0v) is 21.2. The SMILES string of the molecule is CN(C)C(=S)SSC(=S)N(C)C.Cc1cccc(NC(=O)c2ccccc2C(=O)O)c1. The van der Waals surface area contributed by atoms with Crippen molar-refractivity contribution in [1.29, 1.82) is 0 Å². The Morgan fingerprint density at radius 1 is 0.871 bits per heavy atom. The molecule has 0 aliphatic rings. The number of nitrogens with zero attached hydrogens (tertiary/aromatic N) is 2. The molecule has 0 saturated carbocycles. The molecule has 2 N–H and O–H groups in total. The van der Waals surface area contributed by atoms with E-state index in [9.17, 15) is 9.59 Å². The van der Waals surface area contributed by atoms with Crippen LogP contribution in [0.3, 0.4) is 0 Å². The molecule has 166 valence electrons. The van der Waals surface area contributed by atoms with Gasteiger partial charge in [-0.2, -0.15) is 0 Å². The minimum atomic E-state index is -1.12. The average molecular weight is 496 g/mol. The molecule has 0 radical (unpaired) electrons. The molecule has 0 unspecified atom stereocenters. The molecule has 10 heteroatoms. The predicted molar refractivity (Wildman–Crippen MR) is 140 cm³/mol. The largest absolute Gasteiger partial charge is 0.478 e. The lowest BCUT2D eigenvalue weighted by atomic mass is 10.1. The Labute approximate surface area is 201 Å². The summed E-state index contributed by atoms with van der Waals surface area (Å²) in [5.41, 5.74) is 1.80.